The molecule has 0 radical (unpaired) electrons. The third kappa shape index (κ3) is 4.54. The molecule has 11 nitrogen and oxygen atoms in total. The van der Waals surface area contributed by atoms with Crippen molar-refractivity contribution in [1.29, 1.82) is 5.26 Å². The van der Waals surface area contributed by atoms with Gasteiger partial charge in [0.1, 0.15) is 22.6 Å². The second-order valence-electron chi connectivity index (χ2n) is 13.4. The van der Waals surface area contributed by atoms with E-state index in [2.05, 4.69) is 45.5 Å². The number of fused-ring (bicyclic) bond motifs is 2. The molecule has 12 heteroatoms. The number of hydrogen-bond acceptors (Lipinski definition) is 11. The summed E-state index contributed by atoms with van der Waals surface area (Å²) in [5, 5.41) is 15.0. The molecule has 1 saturated carbocycles. The van der Waals surface area contributed by atoms with E-state index in [4.69, 9.17) is 20.2 Å². The Kier molecular flexibility index (Phi) is 6.87. The van der Waals surface area contributed by atoms with Crippen molar-refractivity contribution in [3.8, 4) is 17.6 Å². The fourth-order valence-corrected chi connectivity index (χ4v) is 9.52. The quantitative estimate of drug-likeness (QED) is 0.402. The van der Waals surface area contributed by atoms with E-state index in [0.717, 1.165) is 73.4 Å². The van der Waals surface area contributed by atoms with Crippen LogP contribution in [-0.2, 0) is 16.6 Å². The summed E-state index contributed by atoms with van der Waals surface area (Å²) in [6.07, 6.45) is 9.41. The van der Waals surface area contributed by atoms with Crippen molar-refractivity contribution in [2.45, 2.75) is 75.4 Å². The van der Waals surface area contributed by atoms with E-state index in [1.807, 2.05) is 11.0 Å². The molecule has 0 aromatic carbocycles. The fraction of sp³-hybridized carbons (Fsp3) is 0.545. The normalized spacial score (nSPS) is 26.5. The number of aromatic nitrogens is 3. The number of nitrogens with zero attached hydrogens (tertiary/aromatic N) is 8. The van der Waals surface area contributed by atoms with Crippen molar-refractivity contribution in [3.63, 3.8) is 0 Å². The molecule has 0 spiro atoms. The van der Waals surface area contributed by atoms with Crippen molar-refractivity contribution in [1.82, 2.24) is 24.9 Å². The highest BCUT2D eigenvalue weighted by molar-refractivity contribution is 7.16. The third-order valence-corrected chi connectivity index (χ3v) is 12.0. The van der Waals surface area contributed by atoms with Gasteiger partial charge in [-0.05, 0) is 51.2 Å². The highest BCUT2D eigenvalue weighted by Gasteiger charge is 2.54. The van der Waals surface area contributed by atoms with Gasteiger partial charge in [0.2, 0.25) is 17.6 Å². The zero-order chi connectivity index (χ0) is 30.9. The van der Waals surface area contributed by atoms with Gasteiger partial charge in [-0.1, -0.05) is 24.6 Å². The van der Waals surface area contributed by atoms with Crippen LogP contribution in [0.25, 0.3) is 11.5 Å². The van der Waals surface area contributed by atoms with Gasteiger partial charge in [-0.3, -0.25) is 9.69 Å². The Morgan fingerprint density at radius 3 is 2.67 bits per heavy atom. The van der Waals surface area contributed by atoms with Crippen molar-refractivity contribution in [2.75, 3.05) is 54.8 Å². The lowest BCUT2D eigenvalue weighted by molar-refractivity contribution is -0.126. The van der Waals surface area contributed by atoms with Crippen LogP contribution in [0.5, 0.6) is 0 Å². The van der Waals surface area contributed by atoms with Crippen LogP contribution < -0.4 is 15.5 Å². The molecular weight excluding hydrogens is 586 g/mol. The van der Waals surface area contributed by atoms with Gasteiger partial charge >= 0.3 is 0 Å². The van der Waals surface area contributed by atoms with Crippen molar-refractivity contribution in [2.24, 2.45) is 0 Å². The van der Waals surface area contributed by atoms with E-state index in [9.17, 15) is 10.1 Å². The minimum atomic E-state index is -0.590. The molecule has 45 heavy (non-hydrogen) atoms. The number of rotatable bonds is 6. The lowest BCUT2D eigenvalue weighted by atomic mass is 9.72. The van der Waals surface area contributed by atoms with Gasteiger partial charge in [0.15, 0.2) is 0 Å². The maximum atomic E-state index is 12.2. The van der Waals surface area contributed by atoms with E-state index in [0.29, 0.717) is 53.1 Å². The molecule has 5 aliphatic rings. The number of nitrogen functional groups attached to an aromatic ring is 1. The molecule has 3 aliphatic heterocycles. The van der Waals surface area contributed by atoms with Crippen LogP contribution in [0.3, 0.4) is 0 Å². The van der Waals surface area contributed by atoms with Crippen LogP contribution in [0.15, 0.2) is 29.3 Å². The maximum absolute atomic E-state index is 12.2. The number of carbonyl (C=O) groups excluding carboxylic acids is 1. The van der Waals surface area contributed by atoms with Gasteiger partial charge in [-0.25, -0.2) is 4.98 Å². The number of amides is 1. The largest absolute Gasteiger partial charge is 0.389 e. The van der Waals surface area contributed by atoms with Gasteiger partial charge in [0.25, 0.3) is 0 Å². The molecule has 0 bridgehead atoms. The summed E-state index contributed by atoms with van der Waals surface area (Å²) in [5.41, 5.74) is 8.86. The van der Waals surface area contributed by atoms with Crippen molar-refractivity contribution < 1.29 is 9.32 Å². The molecule has 234 valence electrons. The van der Waals surface area contributed by atoms with Crippen LogP contribution in [0.1, 0.15) is 67.3 Å². The predicted molar refractivity (Wildman–Crippen MR) is 173 cm³/mol. The highest BCUT2D eigenvalue weighted by Crippen LogP contribution is 2.49. The first kappa shape index (κ1) is 28.5. The first-order chi connectivity index (χ1) is 21.9. The Morgan fingerprint density at radius 2 is 1.96 bits per heavy atom. The first-order valence-corrected chi connectivity index (χ1v) is 17.1. The molecule has 4 fully saturated rings. The molecule has 2 aliphatic carbocycles. The number of pyridine rings is 1. The van der Waals surface area contributed by atoms with Gasteiger partial charge in [-0.2, -0.15) is 10.2 Å². The standard InChI is InChI=1S/C33H39N9O2S/c1-3-28(43)40-13-11-39(12-14-40)21-15-23(36-27(16-21)42-19-24-25(42)18-41(24)20-7-4-5-8-20)31-37-32(44-38-31)33(2)10-6-9-26-29(33)22(17-34)30(35)45-26/h3,15-16,20,24-25H,1,4-14,18-19,35H2,2H3. The monoisotopic (exact) mass is 625 g/mol. The predicted octanol–water partition coefficient (Wildman–Crippen LogP) is 3.94. The van der Waals surface area contributed by atoms with Crippen LogP contribution >= 0.6 is 11.3 Å². The second kappa shape index (κ2) is 10.8. The molecule has 6 heterocycles. The minimum absolute atomic E-state index is 0.0280. The SMILES string of the molecule is C=CC(=O)N1CCN(c2cc(-c3noc(C4(C)CCCc5sc(N)c(C#N)c54)n3)nc(N3CC4C3CN4C3CCCC3)c2)CC1. The molecular formula is C33H39N9O2S. The molecule has 3 atom stereocenters. The van der Waals surface area contributed by atoms with E-state index < -0.39 is 5.41 Å². The van der Waals surface area contributed by atoms with Crippen LogP contribution in [0.4, 0.5) is 16.5 Å². The molecule has 3 unspecified atom stereocenters. The Balaban J connectivity index is 1.11. The molecule has 3 aromatic rings. The number of nitriles is 1. The highest BCUT2D eigenvalue weighted by atomic mass is 32.1. The van der Waals surface area contributed by atoms with E-state index in [-0.39, 0.29) is 5.91 Å². The first-order valence-electron chi connectivity index (χ1n) is 16.2. The number of piperazine rings is 2. The summed E-state index contributed by atoms with van der Waals surface area (Å²) < 4.78 is 5.99. The summed E-state index contributed by atoms with van der Waals surface area (Å²) >= 11 is 1.50. The summed E-state index contributed by atoms with van der Waals surface area (Å²) in [5.74, 6) is 1.85. The molecule has 2 N–H and O–H groups in total. The fourth-order valence-electron chi connectivity index (χ4n) is 8.33. The van der Waals surface area contributed by atoms with Crippen LogP contribution in [0.2, 0.25) is 0 Å². The van der Waals surface area contributed by atoms with E-state index in [1.165, 1.54) is 43.1 Å². The van der Waals surface area contributed by atoms with Crippen molar-refractivity contribution >= 4 is 33.8 Å². The van der Waals surface area contributed by atoms with Gasteiger partial charge in [-0.15, -0.1) is 11.3 Å². The summed E-state index contributed by atoms with van der Waals surface area (Å²) in [7, 11) is 0. The molecule has 3 aromatic heterocycles. The number of aryl methyl sites for hydroxylation is 1. The number of carbonyl (C=O) groups is 1. The summed E-state index contributed by atoms with van der Waals surface area (Å²) in [4.78, 5) is 32.7. The number of thiophene rings is 1. The van der Waals surface area contributed by atoms with Crippen molar-refractivity contribution in [3.05, 3.63) is 46.7 Å². The van der Waals surface area contributed by atoms with E-state index >= 15 is 0 Å². The Labute approximate surface area is 267 Å². The number of anilines is 3. The smallest absolute Gasteiger partial charge is 0.246 e. The average molecular weight is 626 g/mol. The molecule has 1 amide bonds. The number of nitrogens with two attached hydrogens (primary N) is 1. The minimum Gasteiger partial charge on any atom is -0.389 e. The maximum Gasteiger partial charge on any atom is 0.246 e. The van der Waals surface area contributed by atoms with Gasteiger partial charge in [0, 0.05) is 73.5 Å². The average Bonchev–Trinajstić information content (AvgIpc) is 3.82. The Morgan fingerprint density at radius 1 is 1.16 bits per heavy atom. The topological polar surface area (TPSA) is 132 Å². The number of hydrogen-bond donors (Lipinski definition) is 1. The summed E-state index contributed by atoms with van der Waals surface area (Å²) in [6.45, 7) is 10.5. The van der Waals surface area contributed by atoms with Crippen LogP contribution in [0, 0.1) is 11.3 Å². The lowest BCUT2D eigenvalue weighted by Gasteiger charge is -2.64. The lowest BCUT2D eigenvalue weighted by Crippen LogP contribution is -2.80. The summed E-state index contributed by atoms with van der Waals surface area (Å²) in [6, 6.07) is 8.40. The third-order valence-electron chi connectivity index (χ3n) is 10.9. The molecule has 8 rings (SSSR count). The van der Waals surface area contributed by atoms with Gasteiger partial charge in [0.05, 0.1) is 17.0 Å². The van der Waals surface area contributed by atoms with Crippen LogP contribution in [-0.4, -0.2) is 88.2 Å². The number of likely N-dealkylation sites (tertiary alicyclic amines) is 1. The Bertz CT molecular complexity index is 1700. The second-order valence-corrected chi connectivity index (χ2v) is 14.5. The van der Waals surface area contributed by atoms with Gasteiger partial charge < -0.3 is 25.0 Å². The zero-order valence-electron chi connectivity index (χ0n) is 25.7. The zero-order valence-corrected chi connectivity index (χ0v) is 26.6. The molecule has 3 saturated heterocycles. The van der Waals surface area contributed by atoms with E-state index in [1.54, 1.807) is 0 Å². The Hall–Kier alpha value is -3.95.